The Bertz CT molecular complexity index is 354. The lowest BCUT2D eigenvalue weighted by Gasteiger charge is -2.29. The Morgan fingerprint density at radius 1 is 1.41 bits per heavy atom. The molecule has 1 N–H and O–H groups in total. The van der Waals surface area contributed by atoms with Gasteiger partial charge in [0.05, 0.1) is 7.11 Å². The third kappa shape index (κ3) is 3.19. The van der Waals surface area contributed by atoms with Gasteiger partial charge in [-0.1, -0.05) is 25.8 Å². The van der Waals surface area contributed by atoms with Crippen LogP contribution in [-0.2, 0) is 6.54 Å². The summed E-state index contributed by atoms with van der Waals surface area (Å²) in [7, 11) is 1.68. The molecule has 3 heteroatoms. The number of hydrogen-bond acceptors (Lipinski definition) is 3. The van der Waals surface area contributed by atoms with Crippen molar-refractivity contribution in [1.29, 1.82) is 0 Å². The standard InChI is InChI=1S/C14H22N2O/c1-11-6-3-4-8-13(11)16-10-12-7-5-9-15-14(12)17-2/h5,7,9,11,13,16H,3-4,6,8,10H2,1-2H3. The van der Waals surface area contributed by atoms with Crippen LogP contribution < -0.4 is 10.1 Å². The highest BCUT2D eigenvalue weighted by Gasteiger charge is 2.20. The lowest BCUT2D eigenvalue weighted by atomic mass is 9.86. The van der Waals surface area contributed by atoms with E-state index in [0.717, 1.165) is 23.9 Å². The van der Waals surface area contributed by atoms with E-state index in [1.807, 2.05) is 6.07 Å². The van der Waals surface area contributed by atoms with Crippen molar-refractivity contribution in [2.24, 2.45) is 5.92 Å². The van der Waals surface area contributed by atoms with E-state index in [1.54, 1.807) is 13.3 Å². The van der Waals surface area contributed by atoms with Gasteiger partial charge in [-0.05, 0) is 24.8 Å². The fourth-order valence-corrected chi connectivity index (χ4v) is 2.60. The van der Waals surface area contributed by atoms with E-state index in [2.05, 4.69) is 23.3 Å². The summed E-state index contributed by atoms with van der Waals surface area (Å²) in [5.74, 6) is 1.52. The van der Waals surface area contributed by atoms with Crippen LogP contribution in [0, 0.1) is 5.92 Å². The smallest absolute Gasteiger partial charge is 0.217 e. The van der Waals surface area contributed by atoms with Crippen LogP contribution in [0.3, 0.4) is 0 Å². The molecule has 2 atom stereocenters. The predicted octanol–water partition coefficient (Wildman–Crippen LogP) is 2.76. The first kappa shape index (κ1) is 12.4. The van der Waals surface area contributed by atoms with Gasteiger partial charge in [0.25, 0.3) is 0 Å². The van der Waals surface area contributed by atoms with Crippen molar-refractivity contribution >= 4 is 0 Å². The Hall–Kier alpha value is -1.09. The molecule has 0 aromatic carbocycles. The molecule has 1 fully saturated rings. The van der Waals surface area contributed by atoms with Crippen molar-refractivity contribution in [3.8, 4) is 5.88 Å². The van der Waals surface area contributed by atoms with Crippen LogP contribution in [-0.4, -0.2) is 18.1 Å². The molecule has 0 bridgehead atoms. The quantitative estimate of drug-likeness (QED) is 0.870. The summed E-state index contributed by atoms with van der Waals surface area (Å²) >= 11 is 0. The van der Waals surface area contributed by atoms with Crippen molar-refractivity contribution in [1.82, 2.24) is 10.3 Å². The predicted molar refractivity (Wildman–Crippen MR) is 69.0 cm³/mol. The lowest BCUT2D eigenvalue weighted by Crippen LogP contribution is -2.36. The summed E-state index contributed by atoms with van der Waals surface area (Å²) in [4.78, 5) is 4.22. The maximum absolute atomic E-state index is 5.26. The minimum absolute atomic E-state index is 0.647. The Morgan fingerprint density at radius 2 is 2.24 bits per heavy atom. The minimum atomic E-state index is 0.647. The average Bonchev–Trinajstić information content (AvgIpc) is 2.38. The van der Waals surface area contributed by atoms with Crippen LogP contribution in [0.25, 0.3) is 0 Å². The van der Waals surface area contributed by atoms with Gasteiger partial charge in [0, 0.05) is 24.3 Å². The molecule has 1 aromatic rings. The van der Waals surface area contributed by atoms with Gasteiger partial charge in [-0.2, -0.15) is 0 Å². The minimum Gasteiger partial charge on any atom is -0.481 e. The molecule has 3 nitrogen and oxygen atoms in total. The molecular formula is C14H22N2O. The lowest BCUT2D eigenvalue weighted by molar-refractivity contribution is 0.277. The number of pyridine rings is 1. The maximum atomic E-state index is 5.26. The summed E-state index contributed by atoms with van der Waals surface area (Å²) in [5.41, 5.74) is 1.15. The molecule has 0 aliphatic heterocycles. The van der Waals surface area contributed by atoms with Crippen LogP contribution in [0.15, 0.2) is 18.3 Å². The Balaban J connectivity index is 1.92. The summed E-state index contributed by atoms with van der Waals surface area (Å²) in [5, 5.41) is 3.64. The zero-order valence-electron chi connectivity index (χ0n) is 10.8. The number of hydrogen-bond donors (Lipinski definition) is 1. The molecule has 0 saturated heterocycles. The first-order valence-corrected chi connectivity index (χ1v) is 6.52. The summed E-state index contributed by atoms with van der Waals surface area (Å²) < 4.78 is 5.26. The van der Waals surface area contributed by atoms with Gasteiger partial charge in [0.1, 0.15) is 0 Å². The zero-order valence-corrected chi connectivity index (χ0v) is 10.8. The highest BCUT2D eigenvalue weighted by molar-refractivity contribution is 5.25. The number of nitrogens with zero attached hydrogens (tertiary/aromatic N) is 1. The third-order valence-electron chi connectivity index (χ3n) is 3.71. The van der Waals surface area contributed by atoms with Gasteiger partial charge in [0.15, 0.2) is 0 Å². The van der Waals surface area contributed by atoms with E-state index in [9.17, 15) is 0 Å². The summed E-state index contributed by atoms with van der Waals surface area (Å²) in [6, 6.07) is 4.68. The van der Waals surface area contributed by atoms with Crippen molar-refractivity contribution in [2.75, 3.05) is 7.11 Å². The van der Waals surface area contributed by atoms with Gasteiger partial charge < -0.3 is 10.1 Å². The van der Waals surface area contributed by atoms with Gasteiger partial charge in [-0.25, -0.2) is 4.98 Å². The number of rotatable bonds is 4. The second-order valence-corrected chi connectivity index (χ2v) is 4.92. The number of nitrogens with one attached hydrogen (secondary N) is 1. The third-order valence-corrected chi connectivity index (χ3v) is 3.71. The van der Waals surface area contributed by atoms with Crippen molar-refractivity contribution in [3.63, 3.8) is 0 Å². The van der Waals surface area contributed by atoms with Crippen molar-refractivity contribution in [2.45, 2.75) is 45.2 Å². The van der Waals surface area contributed by atoms with Crippen LogP contribution >= 0.6 is 0 Å². The first-order chi connectivity index (χ1) is 8.31. The molecule has 0 radical (unpaired) electrons. The van der Waals surface area contributed by atoms with E-state index in [-0.39, 0.29) is 0 Å². The van der Waals surface area contributed by atoms with E-state index < -0.39 is 0 Å². The van der Waals surface area contributed by atoms with Gasteiger partial charge >= 0.3 is 0 Å². The fraction of sp³-hybridized carbons (Fsp3) is 0.643. The van der Waals surface area contributed by atoms with Gasteiger partial charge in [-0.3, -0.25) is 0 Å². The molecule has 2 rings (SSSR count). The van der Waals surface area contributed by atoms with Crippen molar-refractivity contribution in [3.05, 3.63) is 23.9 Å². The Kier molecular flexibility index (Phi) is 4.37. The van der Waals surface area contributed by atoms with E-state index in [1.165, 1.54) is 25.7 Å². The first-order valence-electron chi connectivity index (χ1n) is 6.52. The normalized spacial score (nSPS) is 24.6. The van der Waals surface area contributed by atoms with E-state index in [0.29, 0.717) is 6.04 Å². The largest absolute Gasteiger partial charge is 0.481 e. The number of methoxy groups -OCH3 is 1. The molecular weight excluding hydrogens is 212 g/mol. The van der Waals surface area contributed by atoms with E-state index in [4.69, 9.17) is 4.74 Å². The molecule has 1 aliphatic rings. The van der Waals surface area contributed by atoms with Crippen LogP contribution in [0.1, 0.15) is 38.2 Å². The number of ether oxygens (including phenoxy) is 1. The average molecular weight is 234 g/mol. The van der Waals surface area contributed by atoms with E-state index >= 15 is 0 Å². The van der Waals surface area contributed by atoms with Gasteiger partial charge in [-0.15, -0.1) is 0 Å². The summed E-state index contributed by atoms with van der Waals surface area (Å²) in [6.45, 7) is 3.20. The zero-order chi connectivity index (χ0) is 12.1. The van der Waals surface area contributed by atoms with Crippen LogP contribution in [0.4, 0.5) is 0 Å². The Labute approximate surface area is 104 Å². The SMILES string of the molecule is COc1ncccc1CNC1CCCCC1C. The molecule has 1 heterocycles. The fourth-order valence-electron chi connectivity index (χ4n) is 2.60. The highest BCUT2D eigenvalue weighted by atomic mass is 16.5. The van der Waals surface area contributed by atoms with Gasteiger partial charge in [0.2, 0.25) is 5.88 Å². The molecule has 17 heavy (non-hydrogen) atoms. The molecule has 1 saturated carbocycles. The molecule has 0 spiro atoms. The maximum Gasteiger partial charge on any atom is 0.217 e. The topological polar surface area (TPSA) is 34.1 Å². The van der Waals surface area contributed by atoms with Crippen LogP contribution in [0.2, 0.25) is 0 Å². The molecule has 1 aliphatic carbocycles. The molecule has 2 unspecified atom stereocenters. The van der Waals surface area contributed by atoms with Crippen molar-refractivity contribution < 1.29 is 4.74 Å². The second-order valence-electron chi connectivity index (χ2n) is 4.92. The highest BCUT2D eigenvalue weighted by Crippen LogP contribution is 2.24. The molecule has 0 amide bonds. The molecule has 1 aromatic heterocycles. The number of aromatic nitrogens is 1. The summed E-state index contributed by atoms with van der Waals surface area (Å²) in [6.07, 6.45) is 7.15. The molecule has 94 valence electrons. The Morgan fingerprint density at radius 3 is 3.00 bits per heavy atom. The van der Waals surface area contributed by atoms with Crippen LogP contribution in [0.5, 0.6) is 5.88 Å². The second kappa shape index (κ2) is 6.01. The monoisotopic (exact) mass is 234 g/mol.